The Bertz CT molecular complexity index is 586. The van der Waals surface area contributed by atoms with Crippen LogP contribution in [0.4, 0.5) is 11.4 Å². The van der Waals surface area contributed by atoms with Crippen molar-refractivity contribution in [3.63, 3.8) is 0 Å². The number of nitrogens with one attached hydrogen (secondary N) is 3. The third kappa shape index (κ3) is 2.03. The molecule has 0 saturated heterocycles. The Hall–Kier alpha value is -2.56. The summed E-state index contributed by atoms with van der Waals surface area (Å²) in [5.74, 6) is -0.274. The molecule has 0 aliphatic rings. The number of benzene rings is 1. The van der Waals surface area contributed by atoms with Crippen LogP contribution in [0.15, 0.2) is 37.1 Å². The fourth-order valence-electron chi connectivity index (χ4n) is 1.63. The van der Waals surface area contributed by atoms with Crippen molar-refractivity contribution in [2.24, 2.45) is 0 Å². The number of anilines is 2. The minimum Gasteiger partial charge on any atom is -0.359 e. The number of aromatic nitrogens is 1. The SMILES string of the molecule is C=CC(=O)Nc1ccc(NC=O)c2[nH]ccc12. The Kier molecular flexibility index (Phi) is 2.91. The van der Waals surface area contributed by atoms with E-state index in [1.54, 1.807) is 18.3 Å². The van der Waals surface area contributed by atoms with Gasteiger partial charge in [-0.25, -0.2) is 0 Å². The highest BCUT2D eigenvalue weighted by Crippen LogP contribution is 2.28. The summed E-state index contributed by atoms with van der Waals surface area (Å²) in [4.78, 5) is 24.7. The van der Waals surface area contributed by atoms with Gasteiger partial charge >= 0.3 is 0 Å². The van der Waals surface area contributed by atoms with Gasteiger partial charge in [0, 0.05) is 11.6 Å². The lowest BCUT2D eigenvalue weighted by Crippen LogP contribution is -2.07. The van der Waals surface area contributed by atoms with E-state index in [4.69, 9.17) is 0 Å². The molecule has 0 saturated carbocycles. The van der Waals surface area contributed by atoms with E-state index in [9.17, 15) is 9.59 Å². The molecular formula is C12H11N3O2. The molecule has 1 aromatic carbocycles. The van der Waals surface area contributed by atoms with Crippen molar-refractivity contribution >= 4 is 34.6 Å². The maximum Gasteiger partial charge on any atom is 0.247 e. The zero-order valence-electron chi connectivity index (χ0n) is 8.99. The van der Waals surface area contributed by atoms with Crippen LogP contribution in [0.3, 0.4) is 0 Å². The Morgan fingerprint density at radius 3 is 2.76 bits per heavy atom. The van der Waals surface area contributed by atoms with Gasteiger partial charge in [-0.15, -0.1) is 0 Å². The summed E-state index contributed by atoms with van der Waals surface area (Å²) in [6.07, 6.45) is 3.55. The largest absolute Gasteiger partial charge is 0.359 e. The molecule has 0 atom stereocenters. The van der Waals surface area contributed by atoms with Crippen LogP contribution in [-0.2, 0) is 9.59 Å². The topological polar surface area (TPSA) is 74.0 Å². The fourth-order valence-corrected chi connectivity index (χ4v) is 1.63. The van der Waals surface area contributed by atoms with Crippen LogP contribution < -0.4 is 10.6 Å². The van der Waals surface area contributed by atoms with Crippen molar-refractivity contribution in [2.45, 2.75) is 0 Å². The van der Waals surface area contributed by atoms with E-state index in [1.807, 2.05) is 6.07 Å². The van der Waals surface area contributed by atoms with Gasteiger partial charge in [0.2, 0.25) is 12.3 Å². The number of hydrogen-bond donors (Lipinski definition) is 3. The number of rotatable bonds is 4. The van der Waals surface area contributed by atoms with Crippen LogP contribution >= 0.6 is 0 Å². The third-order valence-corrected chi connectivity index (χ3v) is 2.38. The summed E-state index contributed by atoms with van der Waals surface area (Å²) in [5.41, 5.74) is 2.10. The van der Waals surface area contributed by atoms with Gasteiger partial charge in [0.25, 0.3) is 0 Å². The maximum atomic E-state index is 11.2. The highest BCUT2D eigenvalue weighted by molar-refractivity contribution is 6.08. The Balaban J connectivity index is 2.48. The van der Waals surface area contributed by atoms with Gasteiger partial charge in [-0.3, -0.25) is 9.59 Å². The molecular weight excluding hydrogens is 218 g/mol. The lowest BCUT2D eigenvalue weighted by Gasteiger charge is -2.07. The first-order valence-electron chi connectivity index (χ1n) is 5.00. The molecule has 2 amide bonds. The fraction of sp³-hybridized carbons (Fsp3) is 0. The van der Waals surface area contributed by atoms with E-state index in [1.165, 1.54) is 6.08 Å². The molecule has 0 aliphatic heterocycles. The van der Waals surface area contributed by atoms with Crippen LogP contribution in [0.25, 0.3) is 10.9 Å². The summed E-state index contributed by atoms with van der Waals surface area (Å²) in [5, 5.41) is 6.11. The summed E-state index contributed by atoms with van der Waals surface area (Å²) in [6.45, 7) is 3.39. The molecule has 2 aromatic rings. The number of aromatic amines is 1. The maximum absolute atomic E-state index is 11.2. The van der Waals surface area contributed by atoms with Gasteiger partial charge in [0.05, 0.1) is 16.9 Å². The quantitative estimate of drug-likeness (QED) is 0.553. The molecule has 0 unspecified atom stereocenters. The molecule has 0 aliphatic carbocycles. The van der Waals surface area contributed by atoms with Crippen LogP contribution in [0, 0.1) is 0 Å². The molecule has 2 rings (SSSR count). The van der Waals surface area contributed by atoms with E-state index in [0.29, 0.717) is 17.8 Å². The number of H-pyrrole nitrogens is 1. The van der Waals surface area contributed by atoms with Gasteiger partial charge in [0.1, 0.15) is 0 Å². The van der Waals surface area contributed by atoms with E-state index in [2.05, 4.69) is 22.2 Å². The summed E-state index contributed by atoms with van der Waals surface area (Å²) in [6, 6.07) is 5.26. The zero-order valence-corrected chi connectivity index (χ0v) is 8.99. The highest BCUT2D eigenvalue weighted by Gasteiger charge is 2.07. The molecule has 5 heteroatoms. The summed E-state index contributed by atoms with van der Waals surface area (Å²) < 4.78 is 0. The van der Waals surface area contributed by atoms with E-state index < -0.39 is 0 Å². The normalized spacial score (nSPS) is 9.88. The summed E-state index contributed by atoms with van der Waals surface area (Å²) >= 11 is 0. The molecule has 0 radical (unpaired) electrons. The Morgan fingerprint density at radius 2 is 2.06 bits per heavy atom. The van der Waals surface area contributed by atoms with Crippen LogP contribution in [-0.4, -0.2) is 17.3 Å². The van der Waals surface area contributed by atoms with Crippen molar-refractivity contribution in [2.75, 3.05) is 10.6 Å². The lowest BCUT2D eigenvalue weighted by molar-refractivity contribution is -0.112. The minimum absolute atomic E-state index is 0.274. The monoisotopic (exact) mass is 229 g/mol. The second-order valence-electron chi connectivity index (χ2n) is 3.38. The molecule has 17 heavy (non-hydrogen) atoms. The molecule has 3 N–H and O–H groups in total. The smallest absolute Gasteiger partial charge is 0.247 e. The first-order valence-corrected chi connectivity index (χ1v) is 5.00. The lowest BCUT2D eigenvalue weighted by atomic mass is 10.2. The van der Waals surface area contributed by atoms with E-state index >= 15 is 0 Å². The average molecular weight is 229 g/mol. The van der Waals surface area contributed by atoms with Gasteiger partial charge in [-0.05, 0) is 24.3 Å². The van der Waals surface area contributed by atoms with E-state index in [0.717, 1.165) is 10.9 Å². The number of fused-ring (bicyclic) bond motifs is 1. The van der Waals surface area contributed by atoms with Gasteiger partial charge < -0.3 is 15.6 Å². The molecule has 1 aromatic heterocycles. The van der Waals surface area contributed by atoms with Crippen molar-refractivity contribution in [1.29, 1.82) is 0 Å². The van der Waals surface area contributed by atoms with Crippen molar-refractivity contribution in [1.82, 2.24) is 4.98 Å². The number of amides is 2. The first-order chi connectivity index (χ1) is 8.26. The van der Waals surface area contributed by atoms with Crippen molar-refractivity contribution in [3.05, 3.63) is 37.1 Å². The summed E-state index contributed by atoms with van der Waals surface area (Å²) in [7, 11) is 0. The molecule has 5 nitrogen and oxygen atoms in total. The molecule has 1 heterocycles. The second kappa shape index (κ2) is 4.52. The minimum atomic E-state index is -0.274. The molecule has 0 fully saturated rings. The van der Waals surface area contributed by atoms with Crippen LogP contribution in [0.2, 0.25) is 0 Å². The van der Waals surface area contributed by atoms with Gasteiger partial charge in [0.15, 0.2) is 0 Å². The average Bonchev–Trinajstić information content (AvgIpc) is 2.82. The van der Waals surface area contributed by atoms with Crippen LogP contribution in [0.1, 0.15) is 0 Å². The van der Waals surface area contributed by atoms with Crippen molar-refractivity contribution < 1.29 is 9.59 Å². The predicted octanol–water partition coefficient (Wildman–Crippen LogP) is 1.86. The van der Waals surface area contributed by atoms with Gasteiger partial charge in [-0.2, -0.15) is 0 Å². The van der Waals surface area contributed by atoms with E-state index in [-0.39, 0.29) is 5.91 Å². The van der Waals surface area contributed by atoms with Crippen molar-refractivity contribution in [3.8, 4) is 0 Å². The third-order valence-electron chi connectivity index (χ3n) is 2.38. The first kappa shape index (κ1) is 10.9. The Morgan fingerprint density at radius 1 is 1.29 bits per heavy atom. The molecule has 0 bridgehead atoms. The molecule has 0 spiro atoms. The highest BCUT2D eigenvalue weighted by atomic mass is 16.1. The molecule has 86 valence electrons. The zero-order chi connectivity index (χ0) is 12.3. The number of carbonyl (C=O) groups is 2. The van der Waals surface area contributed by atoms with Gasteiger partial charge in [-0.1, -0.05) is 6.58 Å². The number of carbonyl (C=O) groups excluding carboxylic acids is 2. The Labute approximate surface area is 97.5 Å². The predicted molar refractivity (Wildman–Crippen MR) is 66.8 cm³/mol. The standard InChI is InChI=1S/C12H11N3O2/c1-2-11(17)15-9-3-4-10(14-7-16)12-8(9)5-6-13-12/h2-7,13H,1H2,(H,14,16)(H,15,17). The second-order valence-corrected chi connectivity index (χ2v) is 3.38. The van der Waals surface area contributed by atoms with Crippen LogP contribution in [0.5, 0.6) is 0 Å². The number of hydrogen-bond acceptors (Lipinski definition) is 2.